The largest absolute Gasteiger partial charge is 0.444 e. The molecule has 2 aromatic carbocycles. The number of benzene rings is 2. The van der Waals surface area contributed by atoms with Gasteiger partial charge in [0, 0.05) is 75.0 Å². The molecule has 0 radical (unpaired) electrons. The minimum Gasteiger partial charge on any atom is -0.444 e. The number of carbonyl (C=O) groups is 3. The summed E-state index contributed by atoms with van der Waals surface area (Å²) in [6.45, 7) is 20.4. The van der Waals surface area contributed by atoms with E-state index in [9.17, 15) is 14.4 Å². The normalized spacial score (nSPS) is 16.2. The second-order valence-electron chi connectivity index (χ2n) is 13.4. The first-order valence-electron chi connectivity index (χ1n) is 15.1. The van der Waals surface area contributed by atoms with Crippen molar-refractivity contribution in [3.63, 3.8) is 0 Å². The zero-order valence-corrected chi connectivity index (χ0v) is 27.0. The van der Waals surface area contributed by atoms with E-state index in [1.165, 1.54) is 0 Å². The van der Waals surface area contributed by atoms with Crippen molar-refractivity contribution in [1.82, 2.24) is 9.80 Å². The highest BCUT2D eigenvalue weighted by molar-refractivity contribution is 6.05. The Morgan fingerprint density at radius 1 is 0.651 bits per heavy atom. The molecule has 10 nitrogen and oxygen atoms in total. The molecule has 2 saturated heterocycles. The fourth-order valence-electron chi connectivity index (χ4n) is 5.32. The van der Waals surface area contributed by atoms with Crippen LogP contribution in [0.15, 0.2) is 36.4 Å². The van der Waals surface area contributed by atoms with Crippen LogP contribution in [0.3, 0.4) is 0 Å². The van der Waals surface area contributed by atoms with Crippen molar-refractivity contribution in [2.75, 3.05) is 67.5 Å². The Labute approximate surface area is 255 Å². The number of hydrogen-bond donors (Lipinski definition) is 1. The first-order valence-corrected chi connectivity index (χ1v) is 15.1. The van der Waals surface area contributed by atoms with E-state index in [1.807, 2.05) is 91.8 Å². The fourth-order valence-corrected chi connectivity index (χ4v) is 5.32. The number of amides is 3. The first kappa shape index (κ1) is 32.0. The molecular formula is C33H47N5O5. The Morgan fingerprint density at radius 2 is 1.16 bits per heavy atom. The third kappa shape index (κ3) is 8.55. The minimum absolute atomic E-state index is 0.156. The maximum Gasteiger partial charge on any atom is 0.410 e. The molecule has 43 heavy (non-hydrogen) atoms. The zero-order chi connectivity index (χ0) is 31.5. The van der Waals surface area contributed by atoms with Crippen molar-refractivity contribution in [2.45, 2.75) is 66.6 Å². The zero-order valence-electron chi connectivity index (χ0n) is 27.0. The lowest BCUT2D eigenvalue weighted by Gasteiger charge is -2.37. The Hall–Kier alpha value is -3.95. The molecule has 0 atom stereocenters. The molecule has 3 amide bonds. The van der Waals surface area contributed by atoms with E-state index in [0.29, 0.717) is 57.9 Å². The third-order valence-electron chi connectivity index (χ3n) is 7.48. The molecule has 4 rings (SSSR count). The van der Waals surface area contributed by atoms with Gasteiger partial charge in [0.15, 0.2) is 0 Å². The van der Waals surface area contributed by atoms with Gasteiger partial charge in [0.2, 0.25) is 0 Å². The topological polar surface area (TPSA) is 94.7 Å². The van der Waals surface area contributed by atoms with Gasteiger partial charge in [0.05, 0.1) is 0 Å². The molecular weight excluding hydrogens is 546 g/mol. The highest BCUT2D eigenvalue weighted by Crippen LogP contribution is 2.27. The summed E-state index contributed by atoms with van der Waals surface area (Å²) in [7, 11) is 0. The Morgan fingerprint density at radius 3 is 1.63 bits per heavy atom. The molecule has 0 aliphatic carbocycles. The summed E-state index contributed by atoms with van der Waals surface area (Å²) in [6, 6.07) is 11.8. The van der Waals surface area contributed by atoms with Gasteiger partial charge in [0.1, 0.15) is 11.2 Å². The molecule has 10 heteroatoms. The van der Waals surface area contributed by atoms with Gasteiger partial charge in [-0.1, -0.05) is 0 Å². The van der Waals surface area contributed by atoms with Crippen LogP contribution < -0.4 is 15.1 Å². The number of nitrogens with zero attached hydrogens (tertiary/aromatic N) is 4. The van der Waals surface area contributed by atoms with Gasteiger partial charge in [-0.2, -0.15) is 0 Å². The summed E-state index contributed by atoms with van der Waals surface area (Å²) in [6.07, 6.45) is -0.551. The fraction of sp³-hybridized carbons (Fsp3) is 0.545. The summed E-state index contributed by atoms with van der Waals surface area (Å²) in [5.74, 6) is -0.156. The van der Waals surface area contributed by atoms with Gasteiger partial charge in [-0.05, 0) is 103 Å². The van der Waals surface area contributed by atoms with Gasteiger partial charge >= 0.3 is 12.2 Å². The van der Waals surface area contributed by atoms with E-state index in [4.69, 9.17) is 9.47 Å². The number of hydrogen-bond acceptors (Lipinski definition) is 7. The van der Waals surface area contributed by atoms with E-state index in [2.05, 4.69) is 15.1 Å². The van der Waals surface area contributed by atoms with Crippen molar-refractivity contribution in [1.29, 1.82) is 0 Å². The predicted octanol–water partition coefficient (Wildman–Crippen LogP) is 5.67. The van der Waals surface area contributed by atoms with Gasteiger partial charge in [-0.3, -0.25) is 4.79 Å². The van der Waals surface area contributed by atoms with Crippen LogP contribution >= 0.6 is 0 Å². The summed E-state index contributed by atoms with van der Waals surface area (Å²) in [5, 5.41) is 3.05. The van der Waals surface area contributed by atoms with Gasteiger partial charge in [-0.25, -0.2) is 9.59 Å². The second-order valence-corrected chi connectivity index (χ2v) is 13.4. The monoisotopic (exact) mass is 593 g/mol. The second kappa shape index (κ2) is 12.7. The standard InChI is InChI=1S/C33H47N5O5/c1-23-22-26(35-13-17-37(18-14-35)30(40)42-32(3,4)5)10-11-27(23)29(39)34-25-9-12-28(24(2)21-25)36-15-19-38(20-16-36)31(41)43-33(6,7)8/h9-12,21-22H,13-20H2,1-8H3,(H,34,39). The van der Waals surface area contributed by atoms with Gasteiger partial charge in [0.25, 0.3) is 5.91 Å². The number of rotatable bonds is 4. The number of piperazine rings is 2. The average molecular weight is 594 g/mol. The maximum absolute atomic E-state index is 13.2. The predicted molar refractivity (Wildman–Crippen MR) is 170 cm³/mol. The molecule has 2 aliphatic rings. The highest BCUT2D eigenvalue weighted by atomic mass is 16.6. The van der Waals surface area contributed by atoms with Crippen molar-refractivity contribution in [2.24, 2.45) is 0 Å². The van der Waals surface area contributed by atoms with Crippen molar-refractivity contribution < 1.29 is 23.9 Å². The highest BCUT2D eigenvalue weighted by Gasteiger charge is 2.28. The molecule has 2 heterocycles. The molecule has 0 spiro atoms. The van der Waals surface area contributed by atoms with Crippen LogP contribution in [-0.2, 0) is 9.47 Å². The van der Waals surface area contributed by atoms with E-state index in [0.717, 1.165) is 28.2 Å². The summed E-state index contributed by atoms with van der Waals surface area (Å²) < 4.78 is 11.0. The SMILES string of the molecule is Cc1cc(N2CCN(C(=O)OC(C)(C)C)CC2)ccc1C(=O)Nc1ccc(N2CCN(C(=O)OC(C)(C)C)CC2)c(C)c1. The Kier molecular flexibility index (Phi) is 9.47. The molecule has 2 aliphatic heterocycles. The molecule has 2 aromatic rings. The van der Waals surface area contributed by atoms with Crippen molar-refractivity contribution in [3.8, 4) is 0 Å². The van der Waals surface area contributed by atoms with Gasteiger partial charge in [-0.15, -0.1) is 0 Å². The lowest BCUT2D eigenvalue weighted by molar-refractivity contribution is 0.0230. The maximum atomic E-state index is 13.2. The molecule has 0 unspecified atom stereocenters. The Balaban J connectivity index is 1.32. The van der Waals surface area contributed by atoms with Gasteiger partial charge < -0.3 is 34.4 Å². The minimum atomic E-state index is -0.511. The van der Waals surface area contributed by atoms with Crippen LogP contribution in [0.2, 0.25) is 0 Å². The first-order chi connectivity index (χ1) is 20.1. The van der Waals surface area contributed by atoms with E-state index in [1.54, 1.807) is 9.80 Å². The van der Waals surface area contributed by atoms with Crippen molar-refractivity contribution >= 4 is 35.2 Å². The Bertz CT molecular complexity index is 1330. The van der Waals surface area contributed by atoms with E-state index in [-0.39, 0.29) is 18.1 Å². The van der Waals surface area contributed by atoms with E-state index >= 15 is 0 Å². The number of ether oxygens (including phenoxy) is 2. The molecule has 0 aromatic heterocycles. The summed E-state index contributed by atoms with van der Waals surface area (Å²) in [5.41, 5.74) is 4.41. The number of anilines is 3. The van der Waals surface area contributed by atoms with Crippen molar-refractivity contribution in [3.05, 3.63) is 53.1 Å². The number of aryl methyl sites for hydroxylation is 2. The molecule has 0 bridgehead atoms. The quantitative estimate of drug-likeness (QED) is 0.488. The summed E-state index contributed by atoms with van der Waals surface area (Å²) >= 11 is 0. The van der Waals surface area contributed by atoms with Crippen LogP contribution in [0, 0.1) is 13.8 Å². The molecule has 0 saturated carbocycles. The van der Waals surface area contributed by atoms with Crippen LogP contribution in [0.1, 0.15) is 63.0 Å². The van der Waals surface area contributed by atoms with Crippen LogP contribution in [0.5, 0.6) is 0 Å². The lowest BCUT2D eigenvalue weighted by atomic mass is 10.1. The van der Waals surface area contributed by atoms with Crippen LogP contribution in [-0.4, -0.2) is 91.5 Å². The van der Waals surface area contributed by atoms with E-state index < -0.39 is 11.2 Å². The summed E-state index contributed by atoms with van der Waals surface area (Å²) in [4.78, 5) is 46.0. The third-order valence-corrected chi connectivity index (χ3v) is 7.48. The number of nitrogens with one attached hydrogen (secondary N) is 1. The smallest absolute Gasteiger partial charge is 0.410 e. The average Bonchev–Trinajstić information content (AvgIpc) is 2.91. The molecule has 234 valence electrons. The molecule has 1 N–H and O–H groups in total. The lowest BCUT2D eigenvalue weighted by Crippen LogP contribution is -2.50. The number of carbonyl (C=O) groups excluding carboxylic acids is 3. The van der Waals surface area contributed by atoms with Crippen LogP contribution in [0.4, 0.5) is 26.7 Å². The molecule has 2 fully saturated rings. The van der Waals surface area contributed by atoms with Crippen LogP contribution in [0.25, 0.3) is 0 Å².